The van der Waals surface area contributed by atoms with Gasteiger partial charge in [0.25, 0.3) is 0 Å². The molecule has 0 radical (unpaired) electrons. The monoisotopic (exact) mass is 225 g/mol. The maximum Gasteiger partial charge on any atom is 0.326 e. The first kappa shape index (κ1) is 11.9. The molecule has 0 aromatic carbocycles. The van der Waals surface area contributed by atoms with Gasteiger partial charge in [0.2, 0.25) is 0 Å². The van der Waals surface area contributed by atoms with Crippen LogP contribution in [-0.4, -0.2) is 24.7 Å². The van der Waals surface area contributed by atoms with Gasteiger partial charge in [0.15, 0.2) is 0 Å². The van der Waals surface area contributed by atoms with Gasteiger partial charge in [-0.3, -0.25) is 10.1 Å². The van der Waals surface area contributed by atoms with E-state index in [0.29, 0.717) is 6.04 Å². The minimum atomic E-state index is -0.360. The third kappa shape index (κ3) is 2.40. The molecule has 0 amide bonds. The molecule has 3 nitrogen and oxygen atoms in total. The Kier molecular flexibility index (Phi) is 3.53. The van der Waals surface area contributed by atoms with Crippen molar-refractivity contribution in [2.45, 2.75) is 63.5 Å². The second kappa shape index (κ2) is 4.74. The van der Waals surface area contributed by atoms with E-state index in [1.54, 1.807) is 0 Å². The zero-order chi connectivity index (χ0) is 11.6. The highest BCUT2D eigenvalue weighted by Gasteiger charge is 2.45. The molecule has 0 heterocycles. The Morgan fingerprint density at radius 3 is 2.38 bits per heavy atom. The molecule has 92 valence electrons. The second-order valence-electron chi connectivity index (χ2n) is 5.34. The largest absolute Gasteiger partial charge is 0.468 e. The molecule has 2 fully saturated rings. The Morgan fingerprint density at radius 2 is 1.94 bits per heavy atom. The van der Waals surface area contributed by atoms with Crippen LogP contribution in [-0.2, 0) is 9.53 Å². The van der Waals surface area contributed by atoms with E-state index in [4.69, 9.17) is 4.74 Å². The molecule has 0 atom stereocenters. The van der Waals surface area contributed by atoms with Crippen molar-refractivity contribution in [2.24, 2.45) is 5.92 Å². The summed E-state index contributed by atoms with van der Waals surface area (Å²) in [5.41, 5.74) is -0.360. The number of ether oxygens (including phenoxy) is 1. The summed E-state index contributed by atoms with van der Waals surface area (Å²) >= 11 is 0. The van der Waals surface area contributed by atoms with Gasteiger partial charge in [-0.25, -0.2) is 0 Å². The van der Waals surface area contributed by atoms with E-state index in [-0.39, 0.29) is 11.5 Å². The van der Waals surface area contributed by atoms with Gasteiger partial charge in [0, 0.05) is 6.04 Å². The molecule has 2 aliphatic rings. The number of carbonyl (C=O) groups excluding carboxylic acids is 1. The van der Waals surface area contributed by atoms with E-state index < -0.39 is 0 Å². The maximum atomic E-state index is 12.0. The lowest BCUT2D eigenvalue weighted by Gasteiger charge is -2.38. The van der Waals surface area contributed by atoms with Crippen molar-refractivity contribution < 1.29 is 9.53 Å². The lowest BCUT2D eigenvalue weighted by molar-refractivity contribution is -0.150. The van der Waals surface area contributed by atoms with E-state index >= 15 is 0 Å². The minimum Gasteiger partial charge on any atom is -0.468 e. The number of carbonyl (C=O) groups is 1. The Bertz CT molecular complexity index is 253. The zero-order valence-electron chi connectivity index (χ0n) is 10.4. The fraction of sp³-hybridized carbons (Fsp3) is 0.923. The highest BCUT2D eigenvalue weighted by Crippen LogP contribution is 2.37. The first-order valence-corrected chi connectivity index (χ1v) is 6.56. The summed E-state index contributed by atoms with van der Waals surface area (Å²) < 4.78 is 4.99. The average molecular weight is 225 g/mol. The van der Waals surface area contributed by atoms with Crippen molar-refractivity contribution in [3.8, 4) is 0 Å². The highest BCUT2D eigenvalue weighted by molar-refractivity contribution is 5.81. The number of methoxy groups -OCH3 is 1. The van der Waals surface area contributed by atoms with Crippen LogP contribution in [0.2, 0.25) is 0 Å². The normalized spacial score (nSPS) is 34.8. The maximum absolute atomic E-state index is 12.0. The molecule has 2 rings (SSSR count). The predicted molar refractivity (Wildman–Crippen MR) is 63.2 cm³/mol. The van der Waals surface area contributed by atoms with Crippen molar-refractivity contribution in [3.05, 3.63) is 0 Å². The summed E-state index contributed by atoms with van der Waals surface area (Å²) in [4.78, 5) is 12.0. The van der Waals surface area contributed by atoms with Gasteiger partial charge < -0.3 is 4.74 Å². The summed E-state index contributed by atoms with van der Waals surface area (Å²) in [6, 6.07) is 0.567. The van der Waals surface area contributed by atoms with E-state index in [2.05, 4.69) is 12.2 Å². The minimum absolute atomic E-state index is 0.0473. The van der Waals surface area contributed by atoms with Gasteiger partial charge in [-0.1, -0.05) is 13.3 Å². The second-order valence-corrected chi connectivity index (χ2v) is 5.34. The molecule has 2 aliphatic carbocycles. The van der Waals surface area contributed by atoms with Gasteiger partial charge >= 0.3 is 5.97 Å². The highest BCUT2D eigenvalue weighted by atomic mass is 16.5. The van der Waals surface area contributed by atoms with Crippen LogP contribution in [0.1, 0.15) is 51.9 Å². The lowest BCUT2D eigenvalue weighted by Crippen LogP contribution is -2.55. The molecule has 2 saturated carbocycles. The van der Waals surface area contributed by atoms with E-state index in [0.717, 1.165) is 31.6 Å². The van der Waals surface area contributed by atoms with Crippen molar-refractivity contribution >= 4 is 5.97 Å². The molecule has 0 bridgehead atoms. The predicted octanol–water partition coefficient (Wildman–Crippen LogP) is 2.25. The summed E-state index contributed by atoms with van der Waals surface area (Å²) in [7, 11) is 1.50. The quantitative estimate of drug-likeness (QED) is 0.746. The molecular weight excluding hydrogens is 202 g/mol. The molecule has 0 spiro atoms. The number of hydrogen-bond donors (Lipinski definition) is 1. The molecule has 0 aromatic heterocycles. The first-order valence-electron chi connectivity index (χ1n) is 6.56. The summed E-state index contributed by atoms with van der Waals surface area (Å²) in [6.07, 6.45) is 7.90. The Hall–Kier alpha value is -0.570. The van der Waals surface area contributed by atoms with E-state index in [1.165, 1.54) is 26.4 Å². The number of hydrogen-bond acceptors (Lipinski definition) is 3. The average Bonchev–Trinajstić information content (AvgIpc) is 3.12. The van der Waals surface area contributed by atoms with Crippen LogP contribution in [0, 0.1) is 5.92 Å². The van der Waals surface area contributed by atoms with Gasteiger partial charge in [-0.2, -0.15) is 0 Å². The number of rotatable bonds is 4. The smallest absolute Gasteiger partial charge is 0.326 e. The van der Waals surface area contributed by atoms with Crippen molar-refractivity contribution in [3.63, 3.8) is 0 Å². The SMILES string of the molecule is CCC1CCC(NC2CC2)(C(=O)OC)CC1. The Labute approximate surface area is 97.9 Å². The molecule has 0 aromatic rings. The summed E-state index contributed by atoms with van der Waals surface area (Å²) in [6.45, 7) is 2.24. The van der Waals surface area contributed by atoms with Gasteiger partial charge in [-0.15, -0.1) is 0 Å². The number of esters is 1. The van der Waals surface area contributed by atoms with E-state index in [1.807, 2.05) is 0 Å². The van der Waals surface area contributed by atoms with Gasteiger partial charge in [0.1, 0.15) is 5.54 Å². The molecule has 3 heteroatoms. The number of nitrogens with one attached hydrogen (secondary N) is 1. The van der Waals surface area contributed by atoms with Crippen LogP contribution in [0.5, 0.6) is 0 Å². The van der Waals surface area contributed by atoms with Crippen molar-refractivity contribution in [1.82, 2.24) is 5.32 Å². The first-order chi connectivity index (χ1) is 7.70. The zero-order valence-corrected chi connectivity index (χ0v) is 10.4. The fourth-order valence-corrected chi connectivity index (χ4v) is 2.80. The van der Waals surface area contributed by atoms with Gasteiger partial charge in [0.05, 0.1) is 7.11 Å². The van der Waals surface area contributed by atoms with Crippen LogP contribution in [0.25, 0.3) is 0 Å². The molecule has 0 saturated heterocycles. The molecule has 1 N–H and O–H groups in total. The van der Waals surface area contributed by atoms with Crippen LogP contribution < -0.4 is 5.32 Å². The molecule has 0 aliphatic heterocycles. The van der Waals surface area contributed by atoms with Gasteiger partial charge in [-0.05, 0) is 44.4 Å². The van der Waals surface area contributed by atoms with Crippen LogP contribution in [0.15, 0.2) is 0 Å². The van der Waals surface area contributed by atoms with Crippen molar-refractivity contribution in [2.75, 3.05) is 7.11 Å². The Morgan fingerprint density at radius 1 is 1.31 bits per heavy atom. The van der Waals surface area contributed by atoms with E-state index in [9.17, 15) is 4.79 Å². The van der Waals surface area contributed by atoms with Crippen LogP contribution >= 0.6 is 0 Å². The van der Waals surface area contributed by atoms with Crippen LogP contribution in [0.3, 0.4) is 0 Å². The standard InChI is InChI=1S/C13H23NO2/c1-3-10-6-8-13(9-7-10,12(15)16-2)14-11-4-5-11/h10-11,14H,3-9H2,1-2H3. The van der Waals surface area contributed by atoms with Crippen molar-refractivity contribution in [1.29, 1.82) is 0 Å². The molecule has 16 heavy (non-hydrogen) atoms. The summed E-state index contributed by atoms with van der Waals surface area (Å²) in [5, 5.41) is 3.53. The molecular formula is C13H23NO2. The third-order valence-electron chi connectivity index (χ3n) is 4.17. The Balaban J connectivity index is 2.00. The summed E-state index contributed by atoms with van der Waals surface area (Å²) in [5.74, 6) is 0.757. The third-order valence-corrected chi connectivity index (χ3v) is 4.17. The lowest BCUT2D eigenvalue weighted by atomic mass is 9.75. The van der Waals surface area contributed by atoms with Crippen LogP contribution in [0.4, 0.5) is 0 Å². The molecule has 0 unspecified atom stereocenters. The topological polar surface area (TPSA) is 38.3 Å². The fourth-order valence-electron chi connectivity index (χ4n) is 2.80.